The lowest BCUT2D eigenvalue weighted by Gasteiger charge is -2.23. The van der Waals surface area contributed by atoms with Crippen molar-refractivity contribution in [1.82, 2.24) is 4.98 Å². The molecule has 1 heterocycles. The van der Waals surface area contributed by atoms with E-state index in [0.29, 0.717) is 36.4 Å². The van der Waals surface area contributed by atoms with Gasteiger partial charge in [0.15, 0.2) is 23.0 Å². The number of nitrogens with zero attached hydrogens (tertiary/aromatic N) is 1. The molecule has 36 heavy (non-hydrogen) atoms. The van der Waals surface area contributed by atoms with Gasteiger partial charge in [-0.25, -0.2) is 4.98 Å². The number of ketones is 1. The topological polar surface area (TPSA) is 155 Å². The number of aromatic nitrogens is 1. The smallest absolute Gasteiger partial charge is 0.200 e. The lowest BCUT2D eigenvalue weighted by atomic mass is 9.85. The van der Waals surface area contributed by atoms with Crippen molar-refractivity contribution in [2.45, 2.75) is 38.2 Å². The monoisotopic (exact) mass is 496 g/mol. The van der Waals surface area contributed by atoms with Crippen LogP contribution in [0.1, 0.15) is 29.5 Å². The number of aliphatic hydroxyl groups is 1. The fraction of sp³-hybridized carbons (Fsp3) is 0.333. The van der Waals surface area contributed by atoms with Crippen molar-refractivity contribution in [1.29, 1.82) is 0 Å². The number of benzene rings is 2. The molecular formula is C27H32N2O7. The Morgan fingerprint density at radius 3 is 2.33 bits per heavy atom. The number of phenolic OH excluding ortho intramolecular Hbond substituents is 3. The van der Waals surface area contributed by atoms with E-state index in [0.717, 1.165) is 11.1 Å². The Kier molecular flexibility index (Phi) is 8.97. The largest absolute Gasteiger partial charge is 0.504 e. The first-order valence-electron chi connectivity index (χ1n) is 11.6. The first-order valence-corrected chi connectivity index (χ1v) is 11.6. The first-order chi connectivity index (χ1) is 17.2. The molecule has 9 heteroatoms. The van der Waals surface area contributed by atoms with Gasteiger partial charge in [-0.2, -0.15) is 0 Å². The van der Waals surface area contributed by atoms with Gasteiger partial charge in [0.1, 0.15) is 11.6 Å². The van der Waals surface area contributed by atoms with Gasteiger partial charge in [0.05, 0.1) is 20.3 Å². The van der Waals surface area contributed by atoms with Gasteiger partial charge < -0.3 is 35.6 Å². The fourth-order valence-electron chi connectivity index (χ4n) is 4.13. The number of rotatable bonds is 12. The Morgan fingerprint density at radius 2 is 1.64 bits per heavy atom. The molecule has 1 aromatic heterocycles. The quantitative estimate of drug-likeness (QED) is 0.238. The van der Waals surface area contributed by atoms with Crippen LogP contribution in [0.15, 0.2) is 48.7 Å². The maximum Gasteiger partial charge on any atom is 0.200 e. The molecule has 2 atom stereocenters. The summed E-state index contributed by atoms with van der Waals surface area (Å²) in [5.74, 6) is -0.712. The Hall–Kier alpha value is -3.98. The zero-order valence-electron chi connectivity index (χ0n) is 20.3. The molecule has 3 aromatic rings. The van der Waals surface area contributed by atoms with Crippen LogP contribution >= 0.6 is 0 Å². The Balaban J connectivity index is 1.75. The fourth-order valence-corrected chi connectivity index (χ4v) is 4.13. The summed E-state index contributed by atoms with van der Waals surface area (Å²) >= 11 is 0. The molecule has 6 N–H and O–H groups in total. The predicted molar refractivity (Wildman–Crippen MR) is 134 cm³/mol. The van der Waals surface area contributed by atoms with Crippen molar-refractivity contribution in [3.63, 3.8) is 0 Å². The van der Waals surface area contributed by atoms with E-state index in [1.807, 2.05) is 0 Å². The van der Waals surface area contributed by atoms with E-state index >= 15 is 0 Å². The van der Waals surface area contributed by atoms with E-state index < -0.39 is 12.0 Å². The molecule has 0 saturated carbocycles. The zero-order chi connectivity index (χ0) is 26.2. The van der Waals surface area contributed by atoms with E-state index in [-0.39, 0.29) is 41.6 Å². The third-order valence-corrected chi connectivity index (χ3v) is 6.15. The summed E-state index contributed by atoms with van der Waals surface area (Å²) < 4.78 is 10.2. The number of pyridine rings is 1. The Morgan fingerprint density at radius 1 is 0.917 bits per heavy atom. The van der Waals surface area contributed by atoms with Crippen LogP contribution in [0.3, 0.4) is 0 Å². The van der Waals surface area contributed by atoms with Crippen molar-refractivity contribution in [3.05, 3.63) is 65.4 Å². The summed E-state index contributed by atoms with van der Waals surface area (Å²) in [5, 5.41) is 40.6. The lowest BCUT2D eigenvalue weighted by Crippen LogP contribution is -2.31. The molecule has 0 aliphatic heterocycles. The first kappa shape index (κ1) is 26.6. The number of nitrogen functional groups attached to an aromatic ring is 1. The molecule has 0 fully saturated rings. The van der Waals surface area contributed by atoms with Gasteiger partial charge >= 0.3 is 0 Å². The number of hydrogen-bond acceptors (Lipinski definition) is 9. The normalized spacial score (nSPS) is 12.6. The number of ether oxygens (including phenoxy) is 2. The molecule has 0 spiro atoms. The lowest BCUT2D eigenvalue weighted by molar-refractivity contribution is -0.126. The number of Topliss-reactive ketones (excluding diaryl/α,β-unsaturated/α-hetero) is 1. The minimum Gasteiger partial charge on any atom is -0.504 e. The zero-order valence-corrected chi connectivity index (χ0v) is 20.3. The molecule has 0 aliphatic carbocycles. The number of phenols is 3. The van der Waals surface area contributed by atoms with Gasteiger partial charge in [0.2, 0.25) is 5.75 Å². The number of aromatic hydroxyl groups is 3. The number of methoxy groups -OCH3 is 2. The van der Waals surface area contributed by atoms with Gasteiger partial charge in [-0.05, 0) is 78.8 Å². The van der Waals surface area contributed by atoms with E-state index in [9.17, 15) is 25.2 Å². The average molecular weight is 497 g/mol. The van der Waals surface area contributed by atoms with Crippen LogP contribution < -0.4 is 15.2 Å². The van der Waals surface area contributed by atoms with Crippen LogP contribution in [0.4, 0.5) is 5.82 Å². The van der Waals surface area contributed by atoms with Crippen LogP contribution in [0.25, 0.3) is 0 Å². The molecule has 0 saturated heterocycles. The second kappa shape index (κ2) is 12.1. The molecule has 3 rings (SSSR count). The van der Waals surface area contributed by atoms with Gasteiger partial charge in [-0.3, -0.25) is 4.79 Å². The van der Waals surface area contributed by atoms with Crippen LogP contribution in [-0.2, 0) is 24.1 Å². The van der Waals surface area contributed by atoms with Gasteiger partial charge in [-0.15, -0.1) is 0 Å². The maximum absolute atomic E-state index is 13.3. The summed E-state index contributed by atoms with van der Waals surface area (Å²) in [5.41, 5.74) is 8.06. The SMILES string of the molecule is COc1cc(CC[C@@H](O)[C@@H](Cc2ccnc(N)c2)C(=O)CCc2cc(O)c(O)c(OC)c2)ccc1O. The highest BCUT2D eigenvalue weighted by Gasteiger charge is 2.27. The highest BCUT2D eigenvalue weighted by Crippen LogP contribution is 2.36. The predicted octanol–water partition coefficient (Wildman–Crippen LogP) is 3.15. The number of aryl methyl sites for hydroxylation is 2. The summed E-state index contributed by atoms with van der Waals surface area (Å²) in [7, 11) is 2.84. The minimum absolute atomic E-state index is 0.0297. The van der Waals surface area contributed by atoms with Crippen molar-refractivity contribution in [2.75, 3.05) is 20.0 Å². The van der Waals surface area contributed by atoms with Crippen LogP contribution in [0.5, 0.6) is 28.7 Å². The molecule has 192 valence electrons. The van der Waals surface area contributed by atoms with Gasteiger partial charge in [0, 0.05) is 18.5 Å². The van der Waals surface area contributed by atoms with Crippen LogP contribution in [0, 0.1) is 5.92 Å². The van der Waals surface area contributed by atoms with Crippen LogP contribution in [0.2, 0.25) is 0 Å². The second-order valence-electron chi connectivity index (χ2n) is 8.64. The maximum atomic E-state index is 13.3. The highest BCUT2D eigenvalue weighted by molar-refractivity contribution is 5.82. The van der Waals surface area contributed by atoms with Gasteiger partial charge in [-0.1, -0.05) is 6.07 Å². The van der Waals surface area contributed by atoms with E-state index in [4.69, 9.17) is 15.2 Å². The summed E-state index contributed by atoms with van der Waals surface area (Å²) in [6, 6.07) is 11.4. The molecule has 0 unspecified atom stereocenters. The molecule has 0 bridgehead atoms. The average Bonchev–Trinajstić information content (AvgIpc) is 2.87. The second-order valence-corrected chi connectivity index (χ2v) is 8.64. The summed E-state index contributed by atoms with van der Waals surface area (Å²) in [6.45, 7) is 0. The van der Waals surface area contributed by atoms with Crippen molar-refractivity contribution >= 4 is 11.6 Å². The Labute approximate surface area is 209 Å². The number of carbonyl (C=O) groups is 1. The van der Waals surface area contributed by atoms with E-state index in [2.05, 4.69) is 4.98 Å². The van der Waals surface area contributed by atoms with Crippen molar-refractivity contribution < 1.29 is 34.7 Å². The number of anilines is 1. The van der Waals surface area contributed by atoms with Gasteiger partial charge in [0.25, 0.3) is 0 Å². The third-order valence-electron chi connectivity index (χ3n) is 6.15. The summed E-state index contributed by atoms with van der Waals surface area (Å²) in [6.07, 6.45) is 2.11. The number of nitrogens with two attached hydrogens (primary N) is 1. The van der Waals surface area contributed by atoms with E-state index in [1.165, 1.54) is 26.4 Å². The Bertz CT molecular complexity index is 1200. The summed E-state index contributed by atoms with van der Waals surface area (Å²) in [4.78, 5) is 17.3. The van der Waals surface area contributed by atoms with Crippen molar-refractivity contribution in [2.24, 2.45) is 5.92 Å². The van der Waals surface area contributed by atoms with Crippen LogP contribution in [-0.4, -0.2) is 51.5 Å². The molecule has 0 amide bonds. The third kappa shape index (κ3) is 6.79. The molecule has 9 nitrogen and oxygen atoms in total. The number of aliphatic hydroxyl groups excluding tert-OH is 1. The number of hydrogen-bond donors (Lipinski definition) is 5. The highest BCUT2D eigenvalue weighted by atomic mass is 16.5. The van der Waals surface area contributed by atoms with Crippen molar-refractivity contribution in [3.8, 4) is 28.7 Å². The molecule has 0 radical (unpaired) electrons. The molecule has 0 aliphatic rings. The van der Waals surface area contributed by atoms with E-state index in [1.54, 1.807) is 36.5 Å². The number of carbonyl (C=O) groups excluding carboxylic acids is 1. The standard InChI is InChI=1S/C27H32N2O7/c1-35-24-13-16(4-8-22(24)32)3-6-20(30)19(11-18-9-10-29-26(28)15-18)21(31)7-5-17-12-23(33)27(34)25(14-17)36-2/h4,8-10,12-15,19-20,30,32-34H,3,5-7,11H2,1-2H3,(H2,28,29)/t19-,20-/m1/s1. The molecule has 2 aromatic carbocycles. The minimum atomic E-state index is -0.936. The molecular weight excluding hydrogens is 464 g/mol.